The first-order valence-electron chi connectivity index (χ1n) is 7.06. The molecular formula is C16H18N4S. The zero-order chi connectivity index (χ0) is 14.3. The quantitative estimate of drug-likeness (QED) is 0.681. The van der Waals surface area contributed by atoms with Crippen LogP contribution in [0.2, 0.25) is 0 Å². The number of aryl methyl sites for hydroxylation is 1. The molecule has 0 atom stereocenters. The van der Waals surface area contributed by atoms with Crippen molar-refractivity contribution in [2.75, 3.05) is 6.54 Å². The smallest absolute Gasteiger partial charge is 0.0950 e. The third-order valence-electron chi connectivity index (χ3n) is 3.33. The van der Waals surface area contributed by atoms with Gasteiger partial charge in [0.25, 0.3) is 0 Å². The van der Waals surface area contributed by atoms with Crippen LogP contribution in [0.15, 0.2) is 53.9 Å². The van der Waals surface area contributed by atoms with E-state index >= 15 is 0 Å². The molecule has 0 saturated carbocycles. The fourth-order valence-electron chi connectivity index (χ4n) is 2.26. The number of aromatic nitrogens is 3. The number of hydrogen-bond acceptors (Lipinski definition) is 4. The van der Waals surface area contributed by atoms with Crippen molar-refractivity contribution in [3.8, 4) is 11.3 Å². The predicted molar refractivity (Wildman–Crippen MR) is 86.1 cm³/mol. The molecule has 0 bridgehead atoms. The average Bonchev–Trinajstić information content (AvgIpc) is 3.19. The van der Waals surface area contributed by atoms with Crippen molar-refractivity contribution in [1.82, 2.24) is 19.9 Å². The Balaban J connectivity index is 1.45. The molecule has 0 radical (unpaired) electrons. The number of imidazole rings is 1. The van der Waals surface area contributed by atoms with Crippen LogP contribution in [-0.4, -0.2) is 21.1 Å². The molecule has 0 fully saturated rings. The van der Waals surface area contributed by atoms with E-state index in [1.807, 2.05) is 24.8 Å². The second kappa shape index (κ2) is 7.15. The van der Waals surface area contributed by atoms with Gasteiger partial charge in [-0.2, -0.15) is 11.3 Å². The van der Waals surface area contributed by atoms with Gasteiger partial charge in [-0.15, -0.1) is 0 Å². The summed E-state index contributed by atoms with van der Waals surface area (Å²) in [7, 11) is 0. The first kappa shape index (κ1) is 14.0. The molecule has 3 rings (SSSR count). The highest BCUT2D eigenvalue weighted by Gasteiger charge is 2.04. The lowest BCUT2D eigenvalue weighted by Crippen LogP contribution is -2.16. The molecule has 3 aromatic rings. The molecule has 4 nitrogen and oxygen atoms in total. The lowest BCUT2D eigenvalue weighted by atomic mass is 10.2. The molecule has 1 N–H and O–H groups in total. The largest absolute Gasteiger partial charge is 0.331 e. The van der Waals surface area contributed by atoms with E-state index in [0.717, 1.165) is 26.1 Å². The Bertz CT molecular complexity index is 646. The Hall–Kier alpha value is -1.98. The lowest BCUT2D eigenvalue weighted by Gasteiger charge is -2.08. The van der Waals surface area contributed by atoms with E-state index in [4.69, 9.17) is 0 Å². The van der Waals surface area contributed by atoms with Crippen molar-refractivity contribution in [2.24, 2.45) is 0 Å². The van der Waals surface area contributed by atoms with Crippen molar-refractivity contribution >= 4 is 11.3 Å². The molecule has 21 heavy (non-hydrogen) atoms. The summed E-state index contributed by atoms with van der Waals surface area (Å²) in [6.45, 7) is 2.83. The summed E-state index contributed by atoms with van der Waals surface area (Å²) in [4.78, 5) is 8.38. The maximum Gasteiger partial charge on any atom is 0.0950 e. The van der Waals surface area contributed by atoms with Crippen LogP contribution in [-0.2, 0) is 13.1 Å². The molecule has 0 unspecified atom stereocenters. The monoisotopic (exact) mass is 298 g/mol. The van der Waals surface area contributed by atoms with E-state index in [1.54, 1.807) is 17.5 Å². The standard InChI is InChI=1S/C16H18N4S/c1-3-14(9-17-5-1)10-18-6-2-7-20-13-19-11-16(20)15-4-8-21-12-15/h1,3-5,8-9,11-13,18H,2,6-7,10H2. The molecule has 0 amide bonds. The number of pyridine rings is 1. The van der Waals surface area contributed by atoms with Gasteiger partial charge in [-0.3, -0.25) is 4.98 Å². The third kappa shape index (κ3) is 3.77. The Morgan fingerprint density at radius 3 is 3.00 bits per heavy atom. The van der Waals surface area contributed by atoms with E-state index in [0.29, 0.717) is 0 Å². The molecule has 0 aliphatic rings. The van der Waals surface area contributed by atoms with Gasteiger partial charge in [-0.25, -0.2) is 4.98 Å². The highest BCUT2D eigenvalue weighted by atomic mass is 32.1. The van der Waals surface area contributed by atoms with E-state index in [2.05, 4.69) is 42.7 Å². The van der Waals surface area contributed by atoms with E-state index in [9.17, 15) is 0 Å². The molecule has 0 saturated heterocycles. The van der Waals surface area contributed by atoms with Crippen molar-refractivity contribution in [1.29, 1.82) is 0 Å². The van der Waals surface area contributed by atoms with Gasteiger partial charge >= 0.3 is 0 Å². The molecule has 108 valence electrons. The highest BCUT2D eigenvalue weighted by molar-refractivity contribution is 7.08. The molecule has 0 aromatic carbocycles. The number of thiophene rings is 1. The van der Waals surface area contributed by atoms with Crippen LogP contribution in [0.25, 0.3) is 11.3 Å². The first-order chi connectivity index (χ1) is 10.4. The fourth-order valence-corrected chi connectivity index (χ4v) is 2.91. The Labute approximate surface area is 128 Å². The van der Waals surface area contributed by atoms with Crippen LogP contribution in [0.5, 0.6) is 0 Å². The van der Waals surface area contributed by atoms with Gasteiger partial charge in [0.1, 0.15) is 0 Å². The Morgan fingerprint density at radius 1 is 1.19 bits per heavy atom. The van der Waals surface area contributed by atoms with Gasteiger partial charge in [-0.05, 0) is 36.0 Å². The Kier molecular flexibility index (Phi) is 4.76. The summed E-state index contributed by atoms with van der Waals surface area (Å²) >= 11 is 1.72. The summed E-state index contributed by atoms with van der Waals surface area (Å²) in [6, 6.07) is 6.19. The number of nitrogens with one attached hydrogen (secondary N) is 1. The molecular weight excluding hydrogens is 280 g/mol. The zero-order valence-corrected chi connectivity index (χ0v) is 12.6. The predicted octanol–water partition coefficient (Wildman–Crippen LogP) is 3.19. The summed E-state index contributed by atoms with van der Waals surface area (Å²) in [5.41, 5.74) is 3.67. The summed E-state index contributed by atoms with van der Waals surface area (Å²) in [5, 5.41) is 7.71. The van der Waals surface area contributed by atoms with Crippen LogP contribution in [0.1, 0.15) is 12.0 Å². The van der Waals surface area contributed by atoms with Gasteiger partial charge in [0.05, 0.1) is 18.2 Å². The van der Waals surface area contributed by atoms with Crippen LogP contribution in [0, 0.1) is 0 Å². The van der Waals surface area contributed by atoms with Gasteiger partial charge in [0.15, 0.2) is 0 Å². The summed E-state index contributed by atoms with van der Waals surface area (Å²) in [5.74, 6) is 0. The van der Waals surface area contributed by atoms with E-state index < -0.39 is 0 Å². The van der Waals surface area contributed by atoms with Gasteiger partial charge in [0.2, 0.25) is 0 Å². The second-order valence-corrected chi connectivity index (χ2v) is 5.66. The highest BCUT2D eigenvalue weighted by Crippen LogP contribution is 2.21. The molecule has 0 aliphatic heterocycles. The van der Waals surface area contributed by atoms with Gasteiger partial charge in [-0.1, -0.05) is 6.07 Å². The zero-order valence-electron chi connectivity index (χ0n) is 11.8. The minimum Gasteiger partial charge on any atom is -0.331 e. The fraction of sp³-hybridized carbons (Fsp3) is 0.250. The van der Waals surface area contributed by atoms with Crippen molar-refractivity contribution in [3.05, 3.63) is 59.4 Å². The number of nitrogens with zero attached hydrogens (tertiary/aromatic N) is 3. The molecule has 0 spiro atoms. The van der Waals surface area contributed by atoms with Gasteiger partial charge in [0, 0.05) is 36.4 Å². The summed E-state index contributed by atoms with van der Waals surface area (Å²) in [6.07, 6.45) is 8.62. The lowest BCUT2D eigenvalue weighted by molar-refractivity contribution is 0.583. The topological polar surface area (TPSA) is 42.7 Å². The molecule has 0 aliphatic carbocycles. The van der Waals surface area contributed by atoms with Gasteiger partial charge < -0.3 is 9.88 Å². The van der Waals surface area contributed by atoms with Crippen LogP contribution >= 0.6 is 11.3 Å². The third-order valence-corrected chi connectivity index (χ3v) is 4.02. The van der Waals surface area contributed by atoms with Crippen molar-refractivity contribution in [3.63, 3.8) is 0 Å². The maximum atomic E-state index is 4.26. The summed E-state index contributed by atoms with van der Waals surface area (Å²) < 4.78 is 2.22. The van der Waals surface area contributed by atoms with Crippen LogP contribution in [0.4, 0.5) is 0 Å². The van der Waals surface area contributed by atoms with Crippen LogP contribution in [0.3, 0.4) is 0 Å². The molecule has 3 aromatic heterocycles. The van der Waals surface area contributed by atoms with E-state index in [1.165, 1.54) is 16.8 Å². The first-order valence-corrected chi connectivity index (χ1v) is 8.00. The minimum absolute atomic E-state index is 0.870. The average molecular weight is 298 g/mol. The maximum absolute atomic E-state index is 4.26. The van der Waals surface area contributed by atoms with Crippen LogP contribution < -0.4 is 5.32 Å². The van der Waals surface area contributed by atoms with Crippen molar-refractivity contribution < 1.29 is 0 Å². The SMILES string of the molecule is c1cncc(CNCCCn2cncc2-c2ccsc2)c1. The van der Waals surface area contributed by atoms with E-state index in [-0.39, 0.29) is 0 Å². The Morgan fingerprint density at radius 2 is 2.19 bits per heavy atom. The second-order valence-electron chi connectivity index (χ2n) is 4.88. The molecule has 5 heteroatoms. The minimum atomic E-state index is 0.870. The molecule has 3 heterocycles. The number of hydrogen-bond donors (Lipinski definition) is 1. The normalized spacial score (nSPS) is 10.9. The van der Waals surface area contributed by atoms with Crippen molar-refractivity contribution in [2.45, 2.75) is 19.5 Å². The number of rotatable bonds is 7.